The molecular formula is C12H24N4. The first kappa shape index (κ1) is 13.2. The van der Waals surface area contributed by atoms with Crippen molar-refractivity contribution in [1.82, 2.24) is 14.8 Å². The van der Waals surface area contributed by atoms with Gasteiger partial charge in [-0.15, -0.1) is 10.2 Å². The number of aryl methyl sites for hydroxylation is 2. The van der Waals surface area contributed by atoms with Crippen LogP contribution in [-0.2, 0) is 13.0 Å². The van der Waals surface area contributed by atoms with Crippen molar-refractivity contribution in [3.05, 3.63) is 11.6 Å². The molecule has 0 radical (unpaired) electrons. The molecule has 0 aliphatic carbocycles. The predicted octanol–water partition coefficient (Wildman–Crippen LogP) is 1.91. The van der Waals surface area contributed by atoms with E-state index in [0.717, 1.165) is 50.4 Å². The van der Waals surface area contributed by atoms with Crippen molar-refractivity contribution in [1.29, 1.82) is 0 Å². The second-order valence-electron chi connectivity index (χ2n) is 4.54. The maximum absolute atomic E-state index is 5.55. The number of nitrogens with zero attached hydrogens (tertiary/aromatic N) is 3. The van der Waals surface area contributed by atoms with Gasteiger partial charge in [0.15, 0.2) is 0 Å². The smallest absolute Gasteiger partial charge is 0.132 e. The molecule has 4 heteroatoms. The molecule has 0 aliphatic rings. The van der Waals surface area contributed by atoms with E-state index in [1.54, 1.807) is 0 Å². The molecule has 1 heterocycles. The maximum Gasteiger partial charge on any atom is 0.132 e. The van der Waals surface area contributed by atoms with Gasteiger partial charge < -0.3 is 10.3 Å². The molecule has 0 spiro atoms. The van der Waals surface area contributed by atoms with Gasteiger partial charge in [0.1, 0.15) is 11.6 Å². The fourth-order valence-electron chi connectivity index (χ4n) is 1.93. The molecule has 2 N–H and O–H groups in total. The van der Waals surface area contributed by atoms with Crippen LogP contribution in [0, 0.1) is 12.8 Å². The van der Waals surface area contributed by atoms with Crippen LogP contribution in [0.3, 0.4) is 0 Å². The first-order chi connectivity index (χ1) is 7.69. The first-order valence-electron chi connectivity index (χ1n) is 6.27. The highest BCUT2D eigenvalue weighted by atomic mass is 15.3. The molecule has 0 aromatic carbocycles. The van der Waals surface area contributed by atoms with Gasteiger partial charge in [-0.05, 0) is 38.6 Å². The highest BCUT2D eigenvalue weighted by molar-refractivity contribution is 4.94. The van der Waals surface area contributed by atoms with Gasteiger partial charge in [0.2, 0.25) is 0 Å². The predicted molar refractivity (Wildman–Crippen MR) is 66.2 cm³/mol. The Morgan fingerprint density at radius 1 is 1.31 bits per heavy atom. The number of aromatic nitrogens is 3. The molecule has 0 saturated carbocycles. The van der Waals surface area contributed by atoms with E-state index in [1.165, 1.54) is 0 Å². The third-order valence-corrected chi connectivity index (χ3v) is 2.98. The standard InChI is InChI=1S/C12H24N4/c1-4-9-16-11(3)14-15-12(16)6-5-10(2)7-8-13/h10H,4-9,13H2,1-3H3. The highest BCUT2D eigenvalue weighted by Crippen LogP contribution is 2.12. The molecule has 1 aromatic heterocycles. The zero-order chi connectivity index (χ0) is 12.0. The molecule has 1 atom stereocenters. The summed E-state index contributed by atoms with van der Waals surface area (Å²) in [5.74, 6) is 2.84. The molecule has 0 aliphatic heterocycles. The second-order valence-corrected chi connectivity index (χ2v) is 4.54. The van der Waals surface area contributed by atoms with Gasteiger partial charge in [-0.1, -0.05) is 13.8 Å². The average Bonchev–Trinajstić information content (AvgIpc) is 2.59. The minimum absolute atomic E-state index is 0.678. The number of rotatable bonds is 7. The molecule has 1 unspecified atom stereocenters. The molecule has 0 saturated heterocycles. The van der Waals surface area contributed by atoms with Crippen LogP contribution >= 0.6 is 0 Å². The summed E-state index contributed by atoms with van der Waals surface area (Å²) in [5.41, 5.74) is 5.55. The normalized spacial score (nSPS) is 13.0. The lowest BCUT2D eigenvalue weighted by Crippen LogP contribution is -2.10. The quantitative estimate of drug-likeness (QED) is 0.769. The van der Waals surface area contributed by atoms with Crippen LogP contribution in [-0.4, -0.2) is 21.3 Å². The topological polar surface area (TPSA) is 56.7 Å². The van der Waals surface area contributed by atoms with Crippen molar-refractivity contribution in [2.75, 3.05) is 6.54 Å². The van der Waals surface area contributed by atoms with Crippen LogP contribution < -0.4 is 5.73 Å². The highest BCUT2D eigenvalue weighted by Gasteiger charge is 2.09. The molecule has 16 heavy (non-hydrogen) atoms. The third-order valence-electron chi connectivity index (χ3n) is 2.98. The van der Waals surface area contributed by atoms with E-state index >= 15 is 0 Å². The Hall–Kier alpha value is -0.900. The zero-order valence-corrected chi connectivity index (χ0v) is 10.7. The molecule has 92 valence electrons. The van der Waals surface area contributed by atoms with Crippen molar-refractivity contribution in [3.8, 4) is 0 Å². The fraction of sp³-hybridized carbons (Fsp3) is 0.833. The van der Waals surface area contributed by atoms with E-state index in [4.69, 9.17) is 5.73 Å². The molecule has 1 aromatic rings. The Bertz CT molecular complexity index is 306. The van der Waals surface area contributed by atoms with Gasteiger partial charge in [0.25, 0.3) is 0 Å². The Balaban J connectivity index is 2.52. The lowest BCUT2D eigenvalue weighted by Gasteiger charge is -2.10. The van der Waals surface area contributed by atoms with Crippen molar-refractivity contribution in [2.24, 2.45) is 11.7 Å². The Labute approximate surface area is 98.2 Å². The summed E-state index contributed by atoms with van der Waals surface area (Å²) in [6, 6.07) is 0. The van der Waals surface area contributed by atoms with Crippen LogP contribution in [0.2, 0.25) is 0 Å². The Morgan fingerprint density at radius 2 is 2.06 bits per heavy atom. The lowest BCUT2D eigenvalue weighted by molar-refractivity contribution is 0.483. The van der Waals surface area contributed by atoms with Crippen molar-refractivity contribution in [2.45, 2.75) is 53.0 Å². The van der Waals surface area contributed by atoms with Crippen molar-refractivity contribution in [3.63, 3.8) is 0 Å². The van der Waals surface area contributed by atoms with Crippen LogP contribution in [0.5, 0.6) is 0 Å². The SMILES string of the molecule is CCCn1c(C)nnc1CCC(C)CCN. The van der Waals surface area contributed by atoms with Gasteiger partial charge >= 0.3 is 0 Å². The number of nitrogens with two attached hydrogens (primary N) is 1. The van der Waals surface area contributed by atoms with E-state index in [0.29, 0.717) is 5.92 Å². The molecule has 0 amide bonds. The summed E-state index contributed by atoms with van der Waals surface area (Å²) < 4.78 is 2.23. The summed E-state index contributed by atoms with van der Waals surface area (Å²) in [7, 11) is 0. The third kappa shape index (κ3) is 3.59. The summed E-state index contributed by atoms with van der Waals surface area (Å²) in [6.07, 6.45) is 4.40. The summed E-state index contributed by atoms with van der Waals surface area (Å²) in [5, 5.41) is 8.40. The van der Waals surface area contributed by atoms with Gasteiger partial charge in [-0.3, -0.25) is 0 Å². The van der Waals surface area contributed by atoms with Crippen LogP contribution in [0.4, 0.5) is 0 Å². The summed E-state index contributed by atoms with van der Waals surface area (Å²) in [4.78, 5) is 0. The van der Waals surface area contributed by atoms with Gasteiger partial charge in [-0.2, -0.15) is 0 Å². The lowest BCUT2D eigenvalue weighted by atomic mass is 10.0. The Kier molecular flexibility index (Phi) is 5.46. The van der Waals surface area contributed by atoms with Crippen molar-refractivity contribution < 1.29 is 0 Å². The van der Waals surface area contributed by atoms with Crippen molar-refractivity contribution >= 4 is 0 Å². The van der Waals surface area contributed by atoms with E-state index in [-0.39, 0.29) is 0 Å². The average molecular weight is 224 g/mol. The maximum atomic E-state index is 5.55. The van der Waals surface area contributed by atoms with Crippen LogP contribution in [0.15, 0.2) is 0 Å². The number of hydrogen-bond acceptors (Lipinski definition) is 3. The molecule has 0 fully saturated rings. The summed E-state index contributed by atoms with van der Waals surface area (Å²) in [6.45, 7) is 8.26. The zero-order valence-electron chi connectivity index (χ0n) is 10.7. The van der Waals surface area contributed by atoms with Gasteiger partial charge in [0, 0.05) is 13.0 Å². The van der Waals surface area contributed by atoms with E-state index in [1.807, 2.05) is 6.92 Å². The number of hydrogen-bond donors (Lipinski definition) is 1. The molecule has 4 nitrogen and oxygen atoms in total. The van der Waals surface area contributed by atoms with Crippen LogP contribution in [0.1, 0.15) is 44.8 Å². The monoisotopic (exact) mass is 224 g/mol. The van der Waals surface area contributed by atoms with Crippen LogP contribution in [0.25, 0.3) is 0 Å². The summed E-state index contributed by atoms with van der Waals surface area (Å²) >= 11 is 0. The minimum atomic E-state index is 0.678. The van der Waals surface area contributed by atoms with E-state index in [2.05, 4.69) is 28.6 Å². The van der Waals surface area contributed by atoms with E-state index in [9.17, 15) is 0 Å². The molecular weight excluding hydrogens is 200 g/mol. The van der Waals surface area contributed by atoms with E-state index < -0.39 is 0 Å². The first-order valence-corrected chi connectivity index (χ1v) is 6.27. The van der Waals surface area contributed by atoms with Gasteiger partial charge in [0.05, 0.1) is 0 Å². The molecule has 0 bridgehead atoms. The molecule has 1 rings (SSSR count). The fourth-order valence-corrected chi connectivity index (χ4v) is 1.93. The largest absolute Gasteiger partial charge is 0.330 e. The minimum Gasteiger partial charge on any atom is -0.330 e. The van der Waals surface area contributed by atoms with Gasteiger partial charge in [-0.25, -0.2) is 0 Å². The second kappa shape index (κ2) is 6.63. The Morgan fingerprint density at radius 3 is 2.69 bits per heavy atom.